The topological polar surface area (TPSA) is 86.8 Å². The van der Waals surface area contributed by atoms with Crippen LogP contribution in [0.3, 0.4) is 0 Å². The van der Waals surface area contributed by atoms with Gasteiger partial charge >= 0.3 is 0 Å². The second-order valence-electron chi connectivity index (χ2n) is 9.67. The fourth-order valence-electron chi connectivity index (χ4n) is 4.18. The Balaban J connectivity index is 2.07. The molecule has 3 rings (SSSR count). The molecule has 0 fully saturated rings. The van der Waals surface area contributed by atoms with E-state index < -0.39 is 34.3 Å². The Morgan fingerprint density at radius 1 is 0.949 bits per heavy atom. The summed E-state index contributed by atoms with van der Waals surface area (Å²) in [6.45, 7) is 4.72. The zero-order chi connectivity index (χ0) is 28.7. The Labute approximate surface area is 234 Å². The Morgan fingerprint density at radius 2 is 1.59 bits per heavy atom. The average molecular weight is 574 g/mol. The van der Waals surface area contributed by atoms with Crippen LogP contribution >= 0.6 is 11.6 Å². The standard InChI is InChI=1S/C29H33ClFN3O4S/c1-20(2)32-29(36)27(17-22-9-6-5-7-10-22)33(18-23-13-15-24(31)16-14-23)28(35)19-34(39(4,37)38)26-12-8-11-25(30)21(26)3/h5-16,20,27H,17-19H2,1-4H3,(H,32,36)/t27-/m0/s1. The molecule has 208 valence electrons. The normalized spacial score (nSPS) is 12.2. The average Bonchev–Trinajstić information content (AvgIpc) is 2.87. The van der Waals surface area contributed by atoms with E-state index in [1.165, 1.54) is 29.2 Å². The van der Waals surface area contributed by atoms with Gasteiger partial charge in [-0.25, -0.2) is 12.8 Å². The van der Waals surface area contributed by atoms with E-state index in [9.17, 15) is 22.4 Å². The molecule has 0 unspecified atom stereocenters. The molecule has 39 heavy (non-hydrogen) atoms. The first-order valence-corrected chi connectivity index (χ1v) is 14.7. The molecule has 7 nitrogen and oxygen atoms in total. The van der Waals surface area contributed by atoms with Crippen molar-refractivity contribution in [2.24, 2.45) is 0 Å². The van der Waals surface area contributed by atoms with Gasteiger partial charge in [0.1, 0.15) is 18.4 Å². The zero-order valence-electron chi connectivity index (χ0n) is 22.4. The minimum absolute atomic E-state index is 0.0335. The number of nitrogens with zero attached hydrogens (tertiary/aromatic N) is 2. The molecule has 0 aliphatic carbocycles. The van der Waals surface area contributed by atoms with Crippen LogP contribution < -0.4 is 9.62 Å². The minimum Gasteiger partial charge on any atom is -0.352 e. The van der Waals surface area contributed by atoms with Crippen LogP contribution in [0.25, 0.3) is 0 Å². The molecule has 0 saturated carbocycles. The molecule has 3 aromatic rings. The van der Waals surface area contributed by atoms with Crippen LogP contribution in [0.15, 0.2) is 72.8 Å². The molecule has 0 aliphatic rings. The lowest BCUT2D eigenvalue weighted by molar-refractivity contribution is -0.140. The van der Waals surface area contributed by atoms with Crippen LogP contribution in [0.1, 0.15) is 30.5 Å². The monoisotopic (exact) mass is 573 g/mol. The first-order chi connectivity index (χ1) is 18.4. The fourth-order valence-corrected chi connectivity index (χ4v) is 5.25. The van der Waals surface area contributed by atoms with Crippen molar-refractivity contribution < 1.29 is 22.4 Å². The number of carbonyl (C=O) groups is 2. The third-order valence-corrected chi connectivity index (χ3v) is 7.69. The Hall–Kier alpha value is -3.43. The Bertz CT molecular complexity index is 1400. The SMILES string of the molecule is Cc1c(Cl)cccc1N(CC(=O)N(Cc1ccc(F)cc1)[C@@H](Cc1ccccc1)C(=O)NC(C)C)S(C)(=O)=O. The molecule has 0 bridgehead atoms. The van der Waals surface area contributed by atoms with Crippen LogP contribution in [0.4, 0.5) is 10.1 Å². The van der Waals surface area contributed by atoms with Gasteiger partial charge < -0.3 is 10.2 Å². The number of benzene rings is 3. The second kappa shape index (κ2) is 13.1. The summed E-state index contributed by atoms with van der Waals surface area (Å²) in [6, 6.07) is 18.5. The quantitative estimate of drug-likeness (QED) is 0.360. The number of anilines is 1. The molecule has 0 aromatic heterocycles. The van der Waals surface area contributed by atoms with Gasteiger partial charge in [0, 0.05) is 24.0 Å². The summed E-state index contributed by atoms with van der Waals surface area (Å²) in [4.78, 5) is 28.8. The van der Waals surface area contributed by atoms with E-state index in [2.05, 4.69) is 5.32 Å². The van der Waals surface area contributed by atoms with Crippen molar-refractivity contribution in [2.45, 2.75) is 45.8 Å². The highest BCUT2D eigenvalue weighted by Gasteiger charge is 2.33. The first kappa shape index (κ1) is 30.1. The number of nitrogens with one attached hydrogen (secondary N) is 1. The third-order valence-electron chi connectivity index (χ3n) is 6.16. The van der Waals surface area contributed by atoms with Crippen LogP contribution in [0.2, 0.25) is 5.02 Å². The van der Waals surface area contributed by atoms with E-state index in [1.54, 1.807) is 25.1 Å². The van der Waals surface area contributed by atoms with E-state index >= 15 is 0 Å². The lowest BCUT2D eigenvalue weighted by atomic mass is 10.0. The van der Waals surface area contributed by atoms with Gasteiger partial charge in [-0.05, 0) is 61.7 Å². The predicted molar refractivity (Wildman–Crippen MR) is 153 cm³/mol. The van der Waals surface area contributed by atoms with Crippen molar-refractivity contribution in [1.29, 1.82) is 0 Å². The smallest absolute Gasteiger partial charge is 0.244 e. The predicted octanol–water partition coefficient (Wildman–Crippen LogP) is 4.72. The van der Waals surface area contributed by atoms with Gasteiger partial charge in [-0.3, -0.25) is 13.9 Å². The number of carbonyl (C=O) groups excluding carboxylic acids is 2. The summed E-state index contributed by atoms with van der Waals surface area (Å²) in [7, 11) is -3.91. The van der Waals surface area contributed by atoms with Crippen molar-refractivity contribution >= 4 is 39.1 Å². The molecule has 0 heterocycles. The highest BCUT2D eigenvalue weighted by molar-refractivity contribution is 7.92. The van der Waals surface area contributed by atoms with Gasteiger partial charge in [-0.1, -0.05) is 60.1 Å². The molecular formula is C29H33ClFN3O4S. The molecule has 1 N–H and O–H groups in total. The van der Waals surface area contributed by atoms with Gasteiger partial charge in [0.05, 0.1) is 11.9 Å². The molecule has 1 atom stereocenters. The Morgan fingerprint density at radius 3 is 2.18 bits per heavy atom. The van der Waals surface area contributed by atoms with Crippen LogP contribution in [0.5, 0.6) is 0 Å². The number of hydrogen-bond acceptors (Lipinski definition) is 4. The van der Waals surface area contributed by atoms with Gasteiger partial charge in [-0.2, -0.15) is 0 Å². The second-order valence-corrected chi connectivity index (χ2v) is 12.0. The largest absolute Gasteiger partial charge is 0.352 e. The fraction of sp³-hybridized carbons (Fsp3) is 0.310. The number of hydrogen-bond donors (Lipinski definition) is 1. The molecule has 2 amide bonds. The van der Waals surface area contributed by atoms with Crippen molar-refractivity contribution in [2.75, 3.05) is 17.1 Å². The summed E-state index contributed by atoms with van der Waals surface area (Å²) < 4.78 is 40.4. The summed E-state index contributed by atoms with van der Waals surface area (Å²) in [5, 5.41) is 3.24. The number of sulfonamides is 1. The molecule has 10 heteroatoms. The summed E-state index contributed by atoms with van der Waals surface area (Å²) in [5.74, 6) is -1.41. The molecule has 0 aliphatic heterocycles. The molecular weight excluding hydrogens is 541 g/mol. The van der Waals surface area contributed by atoms with E-state index in [0.717, 1.165) is 16.1 Å². The number of amides is 2. The molecule has 3 aromatic carbocycles. The number of halogens is 2. The van der Waals surface area contributed by atoms with E-state index in [4.69, 9.17) is 11.6 Å². The van der Waals surface area contributed by atoms with Crippen molar-refractivity contribution in [3.8, 4) is 0 Å². The third kappa shape index (κ3) is 8.28. The van der Waals surface area contributed by atoms with Crippen LogP contribution in [-0.4, -0.2) is 50.0 Å². The molecule has 0 spiro atoms. The van der Waals surface area contributed by atoms with Gasteiger partial charge in [0.15, 0.2) is 0 Å². The van der Waals surface area contributed by atoms with E-state index in [1.807, 2.05) is 44.2 Å². The van der Waals surface area contributed by atoms with Gasteiger partial charge in [0.25, 0.3) is 0 Å². The van der Waals surface area contributed by atoms with Crippen LogP contribution in [0, 0.1) is 12.7 Å². The van der Waals surface area contributed by atoms with Crippen LogP contribution in [-0.2, 0) is 32.6 Å². The zero-order valence-corrected chi connectivity index (χ0v) is 24.0. The van der Waals surface area contributed by atoms with Gasteiger partial charge in [0.2, 0.25) is 21.8 Å². The number of rotatable bonds is 11. The molecule has 0 radical (unpaired) electrons. The highest BCUT2D eigenvalue weighted by Crippen LogP contribution is 2.28. The summed E-state index contributed by atoms with van der Waals surface area (Å²) in [5.41, 5.74) is 2.18. The maximum absolute atomic E-state index is 14.0. The molecule has 0 saturated heterocycles. The minimum atomic E-state index is -3.91. The highest BCUT2D eigenvalue weighted by atomic mass is 35.5. The van der Waals surface area contributed by atoms with E-state index in [0.29, 0.717) is 16.1 Å². The summed E-state index contributed by atoms with van der Waals surface area (Å²) in [6.07, 6.45) is 1.21. The van der Waals surface area contributed by atoms with E-state index in [-0.39, 0.29) is 30.6 Å². The maximum atomic E-state index is 14.0. The van der Waals surface area contributed by atoms with Crippen molar-refractivity contribution in [1.82, 2.24) is 10.2 Å². The summed E-state index contributed by atoms with van der Waals surface area (Å²) >= 11 is 6.26. The lowest BCUT2D eigenvalue weighted by Gasteiger charge is -2.34. The first-order valence-electron chi connectivity index (χ1n) is 12.5. The lowest BCUT2D eigenvalue weighted by Crippen LogP contribution is -2.54. The maximum Gasteiger partial charge on any atom is 0.244 e. The van der Waals surface area contributed by atoms with Crippen molar-refractivity contribution in [3.05, 3.63) is 100 Å². The Kier molecular flexibility index (Phi) is 10.1. The van der Waals surface area contributed by atoms with Crippen molar-refractivity contribution in [3.63, 3.8) is 0 Å². The van der Waals surface area contributed by atoms with Gasteiger partial charge in [-0.15, -0.1) is 0 Å².